The van der Waals surface area contributed by atoms with Crippen LogP contribution in [0.4, 0.5) is 0 Å². The molecule has 0 fully saturated rings. The maximum absolute atomic E-state index is 12.6. The summed E-state index contributed by atoms with van der Waals surface area (Å²) in [6.45, 7) is -1.03. The predicted molar refractivity (Wildman–Crippen MR) is 109 cm³/mol. The number of ether oxygens (including phenoxy) is 1. The van der Waals surface area contributed by atoms with Gasteiger partial charge in [0.1, 0.15) is 11.9 Å². The van der Waals surface area contributed by atoms with Crippen LogP contribution in [0.5, 0.6) is 17.2 Å². The lowest BCUT2D eigenvalue weighted by molar-refractivity contribution is -0.159. The Morgan fingerprint density at radius 2 is 1.53 bits per heavy atom. The van der Waals surface area contributed by atoms with Gasteiger partial charge in [-0.25, -0.2) is 0 Å². The summed E-state index contributed by atoms with van der Waals surface area (Å²) >= 11 is 0. The van der Waals surface area contributed by atoms with Gasteiger partial charge in [-0.15, -0.1) is 0 Å². The molecule has 2 aromatic rings. The molecule has 0 radical (unpaired) electrons. The summed E-state index contributed by atoms with van der Waals surface area (Å²) in [6.07, 6.45) is 2.29. The Kier molecular flexibility index (Phi) is 7.48. The molecular formula is C22H22O8. The number of aliphatic hydroxyl groups is 3. The molecule has 5 N–H and O–H groups in total. The fraction of sp³-hybridized carbons (Fsp3) is 0.182. The second-order valence-electron chi connectivity index (χ2n) is 6.38. The number of aromatic hydroxyl groups is 2. The van der Waals surface area contributed by atoms with E-state index in [1.54, 1.807) is 0 Å². The number of hydrogen-bond acceptors (Lipinski definition) is 8. The van der Waals surface area contributed by atoms with E-state index in [0.29, 0.717) is 11.1 Å². The molecule has 0 amide bonds. The number of phenols is 2. The van der Waals surface area contributed by atoms with Gasteiger partial charge < -0.3 is 30.3 Å². The van der Waals surface area contributed by atoms with Crippen LogP contribution in [0.25, 0.3) is 12.2 Å². The fourth-order valence-electron chi connectivity index (χ4n) is 2.56. The SMILES string of the molecule is COc1cc(C=CC(=O)C(O)(C(=O)C=Cc2ccc(O)cc2)C(O)CO)ccc1O. The first-order chi connectivity index (χ1) is 14.2. The molecule has 2 atom stereocenters. The Morgan fingerprint density at radius 3 is 2.07 bits per heavy atom. The second-order valence-corrected chi connectivity index (χ2v) is 6.38. The first-order valence-corrected chi connectivity index (χ1v) is 8.84. The van der Waals surface area contributed by atoms with Crippen LogP contribution in [0.1, 0.15) is 11.1 Å². The van der Waals surface area contributed by atoms with Gasteiger partial charge >= 0.3 is 0 Å². The van der Waals surface area contributed by atoms with Crippen molar-refractivity contribution in [1.29, 1.82) is 0 Å². The minimum Gasteiger partial charge on any atom is -0.508 e. The molecule has 158 valence electrons. The third-order valence-electron chi connectivity index (χ3n) is 4.36. The zero-order valence-corrected chi connectivity index (χ0v) is 16.1. The van der Waals surface area contributed by atoms with Crippen molar-refractivity contribution in [2.24, 2.45) is 0 Å². The minimum absolute atomic E-state index is 0.0249. The molecule has 0 aliphatic carbocycles. The van der Waals surface area contributed by atoms with Crippen molar-refractivity contribution in [2.45, 2.75) is 11.7 Å². The van der Waals surface area contributed by atoms with E-state index in [4.69, 9.17) is 4.74 Å². The molecule has 2 rings (SSSR count). The summed E-state index contributed by atoms with van der Waals surface area (Å²) in [5.74, 6) is -2.20. The third-order valence-corrected chi connectivity index (χ3v) is 4.36. The van der Waals surface area contributed by atoms with Crippen LogP contribution >= 0.6 is 0 Å². The van der Waals surface area contributed by atoms with Gasteiger partial charge in [0.25, 0.3) is 0 Å². The largest absolute Gasteiger partial charge is 0.508 e. The van der Waals surface area contributed by atoms with Crippen molar-refractivity contribution in [3.63, 3.8) is 0 Å². The van der Waals surface area contributed by atoms with Crippen molar-refractivity contribution in [3.05, 3.63) is 65.7 Å². The van der Waals surface area contributed by atoms with Crippen molar-refractivity contribution in [1.82, 2.24) is 0 Å². The normalized spacial score (nSPS) is 14.5. The molecule has 0 bridgehead atoms. The van der Waals surface area contributed by atoms with Gasteiger partial charge in [0, 0.05) is 0 Å². The zero-order valence-electron chi connectivity index (χ0n) is 16.1. The summed E-state index contributed by atoms with van der Waals surface area (Å²) < 4.78 is 4.96. The maximum Gasteiger partial charge on any atom is 0.217 e. The van der Waals surface area contributed by atoms with Crippen molar-refractivity contribution in [2.75, 3.05) is 13.7 Å². The average molecular weight is 414 g/mol. The Hall–Kier alpha value is -3.46. The van der Waals surface area contributed by atoms with Gasteiger partial charge in [0.15, 0.2) is 23.1 Å². The highest BCUT2D eigenvalue weighted by molar-refractivity contribution is 6.20. The topological polar surface area (TPSA) is 145 Å². The van der Waals surface area contributed by atoms with Gasteiger partial charge in [-0.05, 0) is 47.5 Å². The molecule has 0 saturated heterocycles. The number of carbonyl (C=O) groups excluding carboxylic acids is 2. The minimum atomic E-state index is -2.90. The van der Waals surface area contributed by atoms with Gasteiger partial charge in [0.2, 0.25) is 5.60 Å². The van der Waals surface area contributed by atoms with Crippen LogP contribution in [-0.2, 0) is 9.59 Å². The highest BCUT2D eigenvalue weighted by Crippen LogP contribution is 2.27. The maximum atomic E-state index is 12.6. The van der Waals surface area contributed by atoms with E-state index >= 15 is 0 Å². The summed E-state index contributed by atoms with van der Waals surface area (Å²) in [5.41, 5.74) is -1.98. The molecule has 0 aliphatic heterocycles. The molecule has 0 heterocycles. The van der Waals surface area contributed by atoms with Gasteiger partial charge in [0.05, 0.1) is 13.7 Å². The molecule has 2 unspecified atom stereocenters. The number of hydrogen-bond donors (Lipinski definition) is 5. The number of benzene rings is 2. The summed E-state index contributed by atoms with van der Waals surface area (Å²) in [6, 6.07) is 10.0. The summed E-state index contributed by atoms with van der Waals surface area (Å²) in [7, 11) is 1.35. The predicted octanol–water partition coefficient (Wildman–Crippen LogP) is 1.06. The number of phenolic OH excluding ortho intramolecular Hbond substituents is 2. The number of aliphatic hydroxyl groups excluding tert-OH is 2. The van der Waals surface area contributed by atoms with E-state index < -0.39 is 29.9 Å². The lowest BCUT2D eigenvalue weighted by Crippen LogP contribution is -2.56. The molecule has 8 nitrogen and oxygen atoms in total. The van der Waals surface area contributed by atoms with Crippen LogP contribution in [0.3, 0.4) is 0 Å². The quantitative estimate of drug-likeness (QED) is 0.303. The Bertz CT molecular complexity index is 962. The van der Waals surface area contributed by atoms with Crippen LogP contribution in [-0.4, -0.2) is 62.5 Å². The molecular weight excluding hydrogens is 392 g/mol. The second kappa shape index (κ2) is 9.84. The van der Waals surface area contributed by atoms with Crippen LogP contribution in [0, 0.1) is 0 Å². The Morgan fingerprint density at radius 1 is 1.00 bits per heavy atom. The molecule has 0 aromatic heterocycles. The van der Waals surface area contributed by atoms with Gasteiger partial charge in [-0.1, -0.05) is 30.4 Å². The number of carbonyl (C=O) groups is 2. The van der Waals surface area contributed by atoms with Crippen LogP contribution < -0.4 is 4.74 Å². The van der Waals surface area contributed by atoms with Crippen LogP contribution in [0.15, 0.2) is 54.6 Å². The standard InChI is InChI=1S/C22H22O8/c1-30-18-12-15(4-9-17(18)25)6-11-20(27)22(29,21(28)13-23)19(26)10-5-14-2-7-16(24)8-3-14/h2-12,21,23-25,28-29H,13H2,1H3. The van der Waals surface area contributed by atoms with Crippen molar-refractivity contribution >= 4 is 23.7 Å². The van der Waals surface area contributed by atoms with E-state index in [9.17, 15) is 35.1 Å². The zero-order chi connectivity index (χ0) is 22.3. The van der Waals surface area contributed by atoms with Crippen molar-refractivity contribution < 1.29 is 39.9 Å². The van der Waals surface area contributed by atoms with Crippen LogP contribution in [0.2, 0.25) is 0 Å². The fourth-order valence-corrected chi connectivity index (χ4v) is 2.56. The lowest BCUT2D eigenvalue weighted by atomic mass is 9.86. The summed E-state index contributed by atoms with van der Waals surface area (Å²) in [5, 5.41) is 48.7. The third kappa shape index (κ3) is 5.12. The highest BCUT2D eigenvalue weighted by atomic mass is 16.5. The average Bonchev–Trinajstić information content (AvgIpc) is 2.76. The molecule has 0 saturated carbocycles. The molecule has 2 aromatic carbocycles. The smallest absolute Gasteiger partial charge is 0.217 e. The molecule has 0 aliphatic rings. The Labute approximate surface area is 172 Å². The first-order valence-electron chi connectivity index (χ1n) is 8.84. The Balaban J connectivity index is 2.28. The number of ketones is 2. The van der Waals surface area contributed by atoms with E-state index in [1.807, 2.05) is 0 Å². The number of rotatable bonds is 9. The lowest BCUT2D eigenvalue weighted by Gasteiger charge is -2.26. The van der Waals surface area contributed by atoms with Crippen molar-refractivity contribution in [3.8, 4) is 17.2 Å². The first kappa shape index (κ1) is 22.8. The van der Waals surface area contributed by atoms with Gasteiger partial charge in [-0.2, -0.15) is 0 Å². The molecule has 0 spiro atoms. The van der Waals surface area contributed by atoms with E-state index in [-0.39, 0.29) is 17.2 Å². The molecule has 8 heteroatoms. The summed E-state index contributed by atoms with van der Waals surface area (Å²) in [4.78, 5) is 25.1. The molecule has 30 heavy (non-hydrogen) atoms. The number of methoxy groups -OCH3 is 1. The monoisotopic (exact) mass is 414 g/mol. The highest BCUT2D eigenvalue weighted by Gasteiger charge is 2.47. The van der Waals surface area contributed by atoms with E-state index in [1.165, 1.54) is 61.7 Å². The van der Waals surface area contributed by atoms with E-state index in [0.717, 1.165) is 12.2 Å². The van der Waals surface area contributed by atoms with E-state index in [2.05, 4.69) is 0 Å². The van der Waals surface area contributed by atoms with Gasteiger partial charge in [-0.3, -0.25) is 9.59 Å².